The van der Waals surface area contributed by atoms with Crippen molar-refractivity contribution in [3.05, 3.63) is 54.1 Å². The second kappa shape index (κ2) is 71.6. The molecule has 810 valence electrons. The number of carbonyl (C=O) groups is 20. The van der Waals surface area contributed by atoms with Crippen LogP contribution in [0.5, 0.6) is 0 Å². The molecule has 0 radical (unpaired) electrons. The van der Waals surface area contributed by atoms with Crippen LogP contribution in [0.25, 0.3) is 0 Å². The van der Waals surface area contributed by atoms with Gasteiger partial charge in [-0.15, -0.1) is 0 Å². The fourth-order valence-electron chi connectivity index (χ4n) is 13.2. The maximum absolute atomic E-state index is 14.6. The van der Waals surface area contributed by atoms with Crippen molar-refractivity contribution < 1.29 is 111 Å². The van der Waals surface area contributed by atoms with Crippen LogP contribution in [0.3, 0.4) is 0 Å². The topological polar surface area (TPSA) is 799 Å². The Morgan fingerprint density at radius 3 is 1.08 bits per heavy atom. The number of aromatic nitrogens is 2. The number of carbonyl (C=O) groups excluding carboxylic acids is 19. The van der Waals surface area contributed by atoms with Gasteiger partial charge in [0.05, 0.1) is 38.2 Å². The van der Waals surface area contributed by atoms with E-state index >= 15 is 0 Å². The van der Waals surface area contributed by atoms with E-state index in [1.807, 2.05) is 6.92 Å². The van der Waals surface area contributed by atoms with E-state index < -0.39 is 282 Å². The molecule has 50 nitrogen and oxygen atoms in total. The Bertz CT molecular complexity index is 4500. The van der Waals surface area contributed by atoms with Gasteiger partial charge in [-0.3, -0.25) is 96.5 Å². The molecule has 144 heavy (non-hydrogen) atoms. The summed E-state index contributed by atoms with van der Waals surface area (Å²) in [5.74, 6) is -23.4. The lowest BCUT2D eigenvalue weighted by Gasteiger charge is -2.29. The third-order valence-electron chi connectivity index (χ3n) is 22.2. The average molecular weight is 2200 g/mol. The highest BCUT2D eigenvalue weighted by atomic mass is 32.2. The minimum atomic E-state index is -1.89. The molecule has 1 aromatic heterocycles. The molecule has 0 saturated heterocycles. The first-order valence-corrected chi connectivity index (χ1v) is 52.7. The Hall–Kier alpha value is -9.95. The summed E-state index contributed by atoms with van der Waals surface area (Å²) in [6.07, 6.45) is 3.89. The van der Waals surface area contributed by atoms with Gasteiger partial charge in [-0.2, -0.15) is 113 Å². The Morgan fingerprint density at radius 2 is 0.715 bits per heavy atom. The zero-order valence-electron chi connectivity index (χ0n) is 80.7. The molecule has 33 N–H and O–H groups in total. The fourth-order valence-corrected chi connectivity index (χ4v) is 15.7. The van der Waals surface area contributed by atoms with Crippen molar-refractivity contribution in [2.24, 2.45) is 34.8 Å². The second-order valence-electron chi connectivity index (χ2n) is 33.3. The van der Waals surface area contributed by atoms with Crippen LogP contribution in [0.15, 0.2) is 42.9 Å². The highest BCUT2D eigenvalue weighted by Gasteiger charge is 2.40. The molecule has 2 aromatic rings. The minimum absolute atomic E-state index is 0.0213. The van der Waals surface area contributed by atoms with Crippen molar-refractivity contribution >= 4 is 237 Å². The zero-order valence-corrected chi connectivity index (χ0v) is 88.7. The fraction of sp³-hybridized carbons (Fsp3) is 0.647. The van der Waals surface area contributed by atoms with Crippen molar-refractivity contribution in [1.29, 1.82) is 5.41 Å². The lowest BCUT2D eigenvalue weighted by atomic mass is 9.96. The van der Waals surface area contributed by atoms with Crippen molar-refractivity contribution in [1.82, 2.24) is 116 Å². The SMILES string of the molecule is CC[C@H](C)[C@H](N)C(=O)N[C@@H](CS)C(=O)N[C@H](C(=O)N[C@@H](Cc1ccccc1)C(=O)N[C@@H](CS)C(=O)N[C@@H](CS)C(=O)NCC(=O)N[C@@H](CS)C(=O)N[C@@H](CS)C(=O)N[C@@H](Cc1cnc[nH]1)C(=O)N[C@@H](CCCNC(=N)N)C(=O)N[C@@H](CO)C(=O)N[C@@H](CCCCN)C(=O)N[C@@H](CS)C(=O)NCC(=O)N[C@@H](CCSC)C(=O)N[C@@H](CS)C(=O)N[C@@H](CS)C(=O)N[C@@H](CCCCN)C(=O)N[C@H](C(=O)O)[C@@H](C)O)[C@@H](C)CC. The number of thiol groups is 8. The van der Waals surface area contributed by atoms with Gasteiger partial charge >= 0.3 is 5.97 Å². The van der Waals surface area contributed by atoms with Crippen LogP contribution in [0.1, 0.15) is 117 Å². The summed E-state index contributed by atoms with van der Waals surface area (Å²) in [5.41, 5.74) is 23.8. The van der Waals surface area contributed by atoms with Gasteiger partial charge in [-0.05, 0) is 107 Å². The molecule has 0 aliphatic rings. The number of aliphatic carboxylic acids is 1. The predicted octanol–water partition coefficient (Wildman–Crippen LogP) is -9.74. The van der Waals surface area contributed by atoms with Gasteiger partial charge in [0.2, 0.25) is 112 Å². The first kappa shape index (κ1) is 130. The largest absolute Gasteiger partial charge is 0.480 e. The Kier molecular flexibility index (Phi) is 64.7. The number of nitrogens with one attached hydrogen (secondary N) is 22. The molecular formula is C85H143N27O23S9. The molecule has 0 saturated carbocycles. The first-order valence-electron chi connectivity index (χ1n) is 46.2. The number of H-pyrrole nitrogens is 1. The molecule has 0 spiro atoms. The Morgan fingerprint density at radius 1 is 0.396 bits per heavy atom. The summed E-state index contributed by atoms with van der Waals surface area (Å²) in [5, 5.41) is 87.2. The lowest BCUT2D eigenvalue weighted by molar-refractivity contribution is -0.145. The third-order valence-corrected chi connectivity index (χ3v) is 25.7. The molecule has 0 aliphatic carbocycles. The molecule has 1 heterocycles. The minimum Gasteiger partial charge on any atom is -0.480 e. The number of imidazole rings is 1. The second-order valence-corrected chi connectivity index (χ2v) is 37.2. The monoisotopic (exact) mass is 2200 g/mol. The van der Waals surface area contributed by atoms with E-state index in [2.05, 4.69) is 217 Å². The van der Waals surface area contributed by atoms with E-state index in [9.17, 15) is 111 Å². The summed E-state index contributed by atoms with van der Waals surface area (Å²) in [4.78, 5) is 282. The van der Waals surface area contributed by atoms with E-state index in [4.69, 9.17) is 28.3 Å². The molecule has 0 bridgehead atoms. The van der Waals surface area contributed by atoms with E-state index in [0.29, 0.717) is 37.7 Å². The summed E-state index contributed by atoms with van der Waals surface area (Å²) in [7, 11) is 0. The number of benzene rings is 1. The number of aliphatic hydroxyl groups excluding tert-OH is 2. The van der Waals surface area contributed by atoms with Crippen LogP contribution >= 0.6 is 113 Å². The number of carboxylic acids is 1. The summed E-state index contributed by atoms with van der Waals surface area (Å²) in [6.45, 7) is 5.75. The number of hydrogen-bond acceptors (Lipinski definition) is 36. The summed E-state index contributed by atoms with van der Waals surface area (Å²) in [6, 6.07) is -17.9. The van der Waals surface area contributed by atoms with E-state index in [1.54, 1.807) is 57.4 Å². The number of rotatable bonds is 72. The van der Waals surface area contributed by atoms with Crippen molar-refractivity contribution in [2.75, 3.05) is 97.4 Å². The van der Waals surface area contributed by atoms with E-state index in [-0.39, 0.29) is 117 Å². The zero-order chi connectivity index (χ0) is 108. The number of amides is 19. The van der Waals surface area contributed by atoms with Crippen LogP contribution in [0.2, 0.25) is 0 Å². The number of unbranched alkanes of at least 4 members (excludes halogenated alkanes) is 2. The molecule has 59 heteroatoms. The molecule has 21 atom stereocenters. The van der Waals surface area contributed by atoms with Gasteiger partial charge in [0, 0.05) is 77.3 Å². The normalized spacial score (nSPS) is 15.5. The third kappa shape index (κ3) is 47.7. The predicted molar refractivity (Wildman–Crippen MR) is 563 cm³/mol. The van der Waals surface area contributed by atoms with Crippen LogP contribution < -0.4 is 129 Å². The number of hydrogen-bond donors (Lipinski definition) is 37. The number of aliphatic hydroxyl groups is 2. The van der Waals surface area contributed by atoms with Crippen LogP contribution in [0.4, 0.5) is 0 Å². The number of thioether (sulfide) groups is 1. The Balaban J connectivity index is 2.30. The van der Waals surface area contributed by atoms with E-state index in [0.717, 1.165) is 6.92 Å². The van der Waals surface area contributed by atoms with Crippen molar-refractivity contribution in [2.45, 2.75) is 233 Å². The van der Waals surface area contributed by atoms with Crippen LogP contribution in [0, 0.1) is 17.2 Å². The molecule has 1 aromatic carbocycles. The molecule has 0 unspecified atom stereocenters. The number of nitrogens with zero attached hydrogens (tertiary/aromatic N) is 1. The number of carboxylic acid groups (broad SMARTS) is 1. The van der Waals surface area contributed by atoms with Gasteiger partial charge in [-0.25, -0.2) is 9.78 Å². The molecule has 0 aliphatic heterocycles. The number of guanidine groups is 1. The summed E-state index contributed by atoms with van der Waals surface area (Å²) < 4.78 is 0. The van der Waals surface area contributed by atoms with Crippen molar-refractivity contribution in [3.8, 4) is 0 Å². The van der Waals surface area contributed by atoms with E-state index in [1.165, 1.54) is 24.3 Å². The maximum Gasteiger partial charge on any atom is 0.328 e. The average Bonchev–Trinajstić information content (AvgIpc) is 1.25. The quantitative estimate of drug-likeness (QED) is 0.0127. The van der Waals surface area contributed by atoms with Crippen LogP contribution in [-0.4, -0.2) is 362 Å². The maximum atomic E-state index is 14.6. The van der Waals surface area contributed by atoms with Crippen molar-refractivity contribution in [3.63, 3.8) is 0 Å². The number of aromatic amines is 1. The lowest BCUT2D eigenvalue weighted by Crippen LogP contribution is -2.61. The highest BCUT2D eigenvalue weighted by Crippen LogP contribution is 2.16. The smallest absolute Gasteiger partial charge is 0.328 e. The first-order chi connectivity index (χ1) is 68.4. The molecule has 2 rings (SSSR count). The number of nitrogens with two attached hydrogens (primary N) is 4. The molecule has 19 amide bonds. The van der Waals surface area contributed by atoms with Gasteiger partial charge in [0.25, 0.3) is 0 Å². The van der Waals surface area contributed by atoms with Gasteiger partial charge < -0.3 is 150 Å². The highest BCUT2D eigenvalue weighted by molar-refractivity contribution is 7.98. The molecular weight excluding hydrogens is 2060 g/mol. The standard InChI is InChI=1S/C85H143N27O23S9/c1-7-42(3)64(88)82(132)110-61(40-143)81(131)111-65(43(4)8-2)83(133)102-51(27-45-17-10-9-11-18-45)73(123)107-60(39-142)79(129)105-55(34-137)68(118)94-31-63(116)97-56(35-138)76(126)108-58(37-140)78(128)101-52(28-46-29-91-41-95-46)74(124)98-49(21-16-25-92-85(89)90)69(119)103-53(32-113)75(125)99-47(19-12-14-23-86)70(120)104-54(33-136)67(117)93-30-62(115)96-50(22-26-144-6)71(121)106-59(38-141)80(130)109-57(36-139)77(127)100-48(20-13-15-24-87)72(122)112-66(44(5)114)84(134)135/h9-11,17-18,29,41-44,47-61,64-66,113-114,136-143H,7-8,12-16,19-28,30-40,86-88H2,1-6H3,(H,91,95)(H,93,117)(H,94,118)(H,96,115)(H,97,116)(H,98,124)(H,99,125)(H,100,127)(H,101,128)(H,102,133)(H,103,119)(H,104,120)(H,105,129)(H,106,121)(H,107,123)(H,108,126)(H,109,130)(H,110,132)(H,111,131)(H,112,122)(H,134,135)(H4,89,90,92)/t42-,43-,44+,47-,48-,49-,50-,51-,52-,53-,54-,55-,56-,57-,58-,59-,60-,61-,64-,65-,66-/m0/s1. The van der Waals surface area contributed by atoms with Gasteiger partial charge in [0.1, 0.15) is 96.7 Å². The van der Waals surface area contributed by atoms with Crippen LogP contribution in [-0.2, 0) is 109 Å². The van der Waals surface area contributed by atoms with Gasteiger partial charge in [0.15, 0.2) is 12.0 Å². The Labute approximate surface area is 883 Å². The van der Waals surface area contributed by atoms with Gasteiger partial charge in [-0.1, -0.05) is 70.9 Å². The summed E-state index contributed by atoms with van der Waals surface area (Å²) >= 11 is 35.1. The molecule has 0 fully saturated rings.